The van der Waals surface area contributed by atoms with E-state index in [1.54, 1.807) is 18.9 Å². The number of anilines is 2. The van der Waals surface area contributed by atoms with Crippen molar-refractivity contribution in [1.29, 1.82) is 0 Å². The molecule has 0 radical (unpaired) electrons. The van der Waals surface area contributed by atoms with Crippen LogP contribution in [0.15, 0.2) is 24.3 Å². The van der Waals surface area contributed by atoms with Crippen LogP contribution in [0.5, 0.6) is 0 Å². The number of rotatable bonds is 5. The molecule has 0 atom stereocenters. The molecule has 1 aliphatic heterocycles. The van der Waals surface area contributed by atoms with E-state index < -0.39 is 22.6 Å². The average Bonchev–Trinajstić information content (AvgIpc) is 2.96. The minimum atomic E-state index is -4.56. The minimum Gasteiger partial charge on any atom is -0.349 e. The van der Waals surface area contributed by atoms with Crippen LogP contribution < -0.4 is 10.2 Å². The number of amides is 1. The highest BCUT2D eigenvalue weighted by molar-refractivity contribution is 5.93. The molecule has 1 N–H and O–H groups in total. The maximum absolute atomic E-state index is 13.1. The third-order valence-electron chi connectivity index (χ3n) is 4.89. The summed E-state index contributed by atoms with van der Waals surface area (Å²) in [7, 11) is 1.63. The number of aromatic nitrogens is 2. The second-order valence-electron chi connectivity index (χ2n) is 6.99. The van der Waals surface area contributed by atoms with Crippen LogP contribution >= 0.6 is 0 Å². The molecule has 1 aromatic carbocycles. The van der Waals surface area contributed by atoms with E-state index in [-0.39, 0.29) is 17.9 Å². The van der Waals surface area contributed by atoms with Crippen molar-refractivity contribution in [3.05, 3.63) is 45.6 Å². The molecule has 12 heteroatoms. The van der Waals surface area contributed by atoms with Crippen LogP contribution in [0.1, 0.15) is 11.3 Å². The number of alkyl halides is 3. The Bertz CT molecular complexity index is 951. The predicted octanol–water partition coefficient (Wildman–Crippen LogP) is 2.42. The molecule has 0 spiro atoms. The fourth-order valence-electron chi connectivity index (χ4n) is 3.55. The number of nitrogens with one attached hydrogen (secondary N) is 1. The van der Waals surface area contributed by atoms with Gasteiger partial charge in [-0.05, 0) is 19.1 Å². The van der Waals surface area contributed by atoms with Crippen molar-refractivity contribution in [2.24, 2.45) is 7.05 Å². The van der Waals surface area contributed by atoms with E-state index in [0.29, 0.717) is 37.7 Å². The maximum Gasteiger partial charge on any atom is 0.418 e. The lowest BCUT2D eigenvalue weighted by atomic mass is 10.1. The van der Waals surface area contributed by atoms with E-state index in [9.17, 15) is 28.1 Å². The fraction of sp³-hybridized carbons (Fsp3) is 0.444. The number of carbonyl (C=O) groups excluding carboxylic acids is 1. The second kappa shape index (κ2) is 8.30. The van der Waals surface area contributed by atoms with Gasteiger partial charge in [0.2, 0.25) is 11.7 Å². The number of nitrogens with zero attached hydrogens (tertiary/aromatic N) is 5. The quantitative estimate of drug-likeness (QED) is 0.583. The van der Waals surface area contributed by atoms with E-state index in [1.165, 1.54) is 22.9 Å². The Balaban J connectivity index is 1.61. The van der Waals surface area contributed by atoms with Crippen LogP contribution in [0.3, 0.4) is 0 Å². The van der Waals surface area contributed by atoms with Crippen molar-refractivity contribution in [2.75, 3.05) is 42.9 Å². The first-order valence-electron chi connectivity index (χ1n) is 9.19. The normalized spacial score (nSPS) is 15.3. The first-order valence-corrected chi connectivity index (χ1v) is 9.19. The summed E-state index contributed by atoms with van der Waals surface area (Å²) in [5.74, 6) is -0.150. The summed E-state index contributed by atoms with van der Waals surface area (Å²) in [5.41, 5.74) is -0.910. The zero-order chi connectivity index (χ0) is 22.1. The van der Waals surface area contributed by atoms with Crippen molar-refractivity contribution in [3.63, 3.8) is 0 Å². The Morgan fingerprint density at radius 3 is 2.47 bits per heavy atom. The Morgan fingerprint density at radius 1 is 1.23 bits per heavy atom. The number of para-hydroxylation sites is 1. The standard InChI is InChI=1S/C18H21F3N6O3/c1-12-16(27(29)30)17(24(2)23-12)26-9-7-25(8-10-26)11-15(28)22-14-6-4-3-5-13(14)18(19,20)21/h3-6H,7-11H2,1-2H3,(H,22,28). The van der Waals surface area contributed by atoms with Crippen molar-refractivity contribution in [3.8, 4) is 0 Å². The van der Waals surface area contributed by atoms with Crippen LogP contribution in [-0.4, -0.2) is 58.2 Å². The Labute approximate surface area is 170 Å². The smallest absolute Gasteiger partial charge is 0.349 e. The van der Waals surface area contributed by atoms with Crippen molar-refractivity contribution >= 4 is 23.1 Å². The first-order chi connectivity index (χ1) is 14.1. The number of halogens is 3. The zero-order valence-electron chi connectivity index (χ0n) is 16.4. The minimum absolute atomic E-state index is 0.0487. The first kappa shape index (κ1) is 21.6. The summed E-state index contributed by atoms with van der Waals surface area (Å²) in [4.78, 5) is 26.8. The van der Waals surface area contributed by atoms with Gasteiger partial charge < -0.3 is 10.2 Å². The van der Waals surface area contributed by atoms with Crippen LogP contribution in [0.2, 0.25) is 0 Å². The van der Waals surface area contributed by atoms with Gasteiger partial charge in [-0.25, -0.2) is 4.68 Å². The molecule has 1 fully saturated rings. The number of carbonyl (C=O) groups is 1. The zero-order valence-corrected chi connectivity index (χ0v) is 16.4. The Morgan fingerprint density at radius 2 is 1.87 bits per heavy atom. The highest BCUT2D eigenvalue weighted by Crippen LogP contribution is 2.34. The molecule has 2 aromatic rings. The molecule has 1 amide bonds. The molecule has 1 aromatic heterocycles. The Hall–Kier alpha value is -3.15. The molecule has 9 nitrogen and oxygen atoms in total. The maximum atomic E-state index is 13.1. The van der Waals surface area contributed by atoms with Gasteiger partial charge in [-0.15, -0.1) is 0 Å². The van der Waals surface area contributed by atoms with Gasteiger partial charge in [0, 0.05) is 33.2 Å². The second-order valence-corrected chi connectivity index (χ2v) is 6.99. The SMILES string of the molecule is Cc1nn(C)c(N2CCN(CC(=O)Nc3ccccc3C(F)(F)F)CC2)c1[N+](=O)[O-]. The van der Waals surface area contributed by atoms with Gasteiger partial charge in [-0.3, -0.25) is 19.8 Å². The van der Waals surface area contributed by atoms with Gasteiger partial charge in [-0.1, -0.05) is 12.1 Å². The molecule has 1 aliphatic rings. The van der Waals surface area contributed by atoms with Gasteiger partial charge in [0.15, 0.2) is 0 Å². The van der Waals surface area contributed by atoms with Gasteiger partial charge in [0.25, 0.3) is 0 Å². The number of nitro groups is 1. The largest absolute Gasteiger partial charge is 0.418 e. The van der Waals surface area contributed by atoms with Crippen LogP contribution in [0.4, 0.5) is 30.4 Å². The molecule has 0 bridgehead atoms. The third kappa shape index (κ3) is 4.53. The lowest BCUT2D eigenvalue weighted by molar-refractivity contribution is -0.384. The van der Waals surface area contributed by atoms with E-state index in [0.717, 1.165) is 6.07 Å². The Kier molecular flexibility index (Phi) is 5.97. The molecule has 0 aliphatic carbocycles. The summed E-state index contributed by atoms with van der Waals surface area (Å²) >= 11 is 0. The lowest BCUT2D eigenvalue weighted by Crippen LogP contribution is -2.49. The molecule has 30 heavy (non-hydrogen) atoms. The molecule has 0 unspecified atom stereocenters. The van der Waals surface area contributed by atoms with Crippen LogP contribution in [0.25, 0.3) is 0 Å². The van der Waals surface area contributed by atoms with Crippen molar-refractivity contribution < 1.29 is 22.9 Å². The van der Waals surface area contributed by atoms with Gasteiger partial charge in [0.1, 0.15) is 5.69 Å². The molecule has 3 rings (SSSR count). The summed E-state index contributed by atoms with van der Waals surface area (Å²) < 4.78 is 40.7. The fourth-order valence-corrected chi connectivity index (χ4v) is 3.55. The number of hydrogen-bond acceptors (Lipinski definition) is 6. The molecule has 0 saturated carbocycles. The van der Waals surface area contributed by atoms with E-state index in [4.69, 9.17) is 0 Å². The van der Waals surface area contributed by atoms with Crippen LogP contribution in [0, 0.1) is 17.0 Å². The number of benzene rings is 1. The average molecular weight is 426 g/mol. The summed E-state index contributed by atoms with van der Waals surface area (Å²) in [6, 6.07) is 4.81. The lowest BCUT2D eigenvalue weighted by Gasteiger charge is -2.34. The van der Waals surface area contributed by atoms with Gasteiger partial charge in [0.05, 0.1) is 22.7 Å². The van der Waals surface area contributed by atoms with E-state index in [1.807, 2.05) is 4.90 Å². The molecule has 162 valence electrons. The van der Waals surface area contributed by atoms with Gasteiger partial charge >= 0.3 is 11.9 Å². The topological polar surface area (TPSA) is 96.5 Å². The predicted molar refractivity (Wildman–Crippen MR) is 103 cm³/mol. The summed E-state index contributed by atoms with van der Waals surface area (Å²) in [6.07, 6.45) is -4.56. The number of aryl methyl sites for hydroxylation is 2. The highest BCUT2D eigenvalue weighted by atomic mass is 19.4. The molecule has 1 saturated heterocycles. The number of hydrogen-bond donors (Lipinski definition) is 1. The molecular formula is C18H21F3N6O3. The number of piperazine rings is 1. The summed E-state index contributed by atoms with van der Waals surface area (Å²) in [5, 5.41) is 17.8. The summed E-state index contributed by atoms with van der Waals surface area (Å²) in [6.45, 7) is 3.19. The van der Waals surface area contributed by atoms with Crippen molar-refractivity contribution in [2.45, 2.75) is 13.1 Å². The monoisotopic (exact) mass is 426 g/mol. The molecular weight excluding hydrogens is 405 g/mol. The highest BCUT2D eigenvalue weighted by Gasteiger charge is 2.34. The van der Waals surface area contributed by atoms with E-state index in [2.05, 4.69) is 10.4 Å². The van der Waals surface area contributed by atoms with Gasteiger partial charge in [-0.2, -0.15) is 18.3 Å². The van der Waals surface area contributed by atoms with Crippen molar-refractivity contribution in [1.82, 2.24) is 14.7 Å². The van der Waals surface area contributed by atoms with Crippen LogP contribution in [-0.2, 0) is 18.0 Å². The molecule has 2 heterocycles. The van der Waals surface area contributed by atoms with E-state index >= 15 is 0 Å². The third-order valence-corrected chi connectivity index (χ3v) is 4.89.